The second-order valence-corrected chi connectivity index (χ2v) is 5.59. The zero-order chi connectivity index (χ0) is 14.1. The molecular weight excluding hydrogens is 278 g/mol. The number of aliphatic hydroxyl groups is 1. The van der Waals surface area contributed by atoms with Gasteiger partial charge in [-0.1, -0.05) is 6.07 Å². The van der Waals surface area contributed by atoms with Crippen molar-refractivity contribution < 1.29 is 14.6 Å². The Kier molecular flexibility index (Phi) is 3.45. The molecule has 0 saturated carbocycles. The number of methoxy groups -OCH3 is 1. The van der Waals surface area contributed by atoms with Crippen LogP contribution < -0.4 is 5.32 Å². The number of aliphatic imine (C=N–C) groups is 1. The predicted octanol–water partition coefficient (Wildman–Crippen LogP) is 1.69. The SMILES string of the molecule is COCCN1CC2=NC(=O)N[C@@H](c3cccs3)C2=C1O. The van der Waals surface area contributed by atoms with E-state index in [9.17, 15) is 9.90 Å². The van der Waals surface area contributed by atoms with E-state index in [2.05, 4.69) is 10.3 Å². The Labute approximate surface area is 120 Å². The third-order valence-electron chi connectivity index (χ3n) is 3.38. The molecule has 1 atom stereocenters. The van der Waals surface area contributed by atoms with Gasteiger partial charge in [-0.15, -0.1) is 11.3 Å². The summed E-state index contributed by atoms with van der Waals surface area (Å²) in [5.41, 5.74) is 1.34. The van der Waals surface area contributed by atoms with Crippen LogP contribution in [0.15, 0.2) is 34.0 Å². The molecular formula is C13H15N3O3S. The van der Waals surface area contributed by atoms with E-state index in [1.54, 1.807) is 23.3 Å². The average Bonchev–Trinajstić information content (AvgIpc) is 3.04. The number of urea groups is 1. The monoisotopic (exact) mass is 293 g/mol. The minimum atomic E-state index is -0.358. The number of nitrogens with zero attached hydrogens (tertiary/aromatic N) is 2. The molecule has 0 spiro atoms. The smallest absolute Gasteiger partial charge is 0.342 e. The van der Waals surface area contributed by atoms with Crippen molar-refractivity contribution in [3.63, 3.8) is 0 Å². The zero-order valence-electron chi connectivity index (χ0n) is 11.0. The molecule has 0 saturated heterocycles. The van der Waals surface area contributed by atoms with Gasteiger partial charge < -0.3 is 20.1 Å². The van der Waals surface area contributed by atoms with Crippen LogP contribution in [-0.4, -0.2) is 48.6 Å². The molecule has 3 rings (SSSR count). The Hall–Kier alpha value is -1.86. The lowest BCUT2D eigenvalue weighted by molar-refractivity contribution is 0.143. The molecule has 1 aromatic rings. The molecule has 20 heavy (non-hydrogen) atoms. The molecule has 2 amide bonds. The van der Waals surface area contributed by atoms with Gasteiger partial charge in [-0.25, -0.2) is 4.79 Å². The first-order valence-electron chi connectivity index (χ1n) is 6.29. The number of amides is 2. The summed E-state index contributed by atoms with van der Waals surface area (Å²) in [6.45, 7) is 1.52. The van der Waals surface area contributed by atoms with E-state index < -0.39 is 0 Å². The summed E-state index contributed by atoms with van der Waals surface area (Å²) >= 11 is 1.54. The molecule has 2 N–H and O–H groups in total. The first kappa shape index (κ1) is 13.1. The van der Waals surface area contributed by atoms with Crippen molar-refractivity contribution in [3.8, 4) is 0 Å². The van der Waals surface area contributed by atoms with Crippen LogP contribution in [0.5, 0.6) is 0 Å². The van der Waals surface area contributed by atoms with Gasteiger partial charge in [0.15, 0.2) is 5.88 Å². The van der Waals surface area contributed by atoms with Gasteiger partial charge in [0.25, 0.3) is 0 Å². The molecule has 0 aliphatic carbocycles. The molecule has 2 aliphatic heterocycles. The van der Waals surface area contributed by atoms with Crippen molar-refractivity contribution in [3.05, 3.63) is 33.8 Å². The van der Waals surface area contributed by atoms with Crippen molar-refractivity contribution in [2.24, 2.45) is 4.99 Å². The van der Waals surface area contributed by atoms with Gasteiger partial charge >= 0.3 is 6.03 Å². The van der Waals surface area contributed by atoms with Crippen LogP contribution in [0.1, 0.15) is 10.9 Å². The Bertz CT molecular complexity index is 580. The molecule has 7 heteroatoms. The lowest BCUT2D eigenvalue weighted by Gasteiger charge is -2.21. The third kappa shape index (κ3) is 2.19. The molecule has 2 aliphatic rings. The highest BCUT2D eigenvalue weighted by atomic mass is 32.1. The van der Waals surface area contributed by atoms with Crippen LogP contribution in [0.4, 0.5) is 4.79 Å². The molecule has 0 bridgehead atoms. The maximum atomic E-state index is 11.7. The molecule has 106 valence electrons. The Morgan fingerprint density at radius 1 is 1.65 bits per heavy atom. The maximum Gasteiger partial charge on any atom is 0.342 e. The number of ether oxygens (including phenoxy) is 1. The van der Waals surface area contributed by atoms with E-state index in [1.807, 2.05) is 17.5 Å². The summed E-state index contributed by atoms with van der Waals surface area (Å²) in [7, 11) is 1.62. The molecule has 1 aromatic heterocycles. The highest BCUT2D eigenvalue weighted by Gasteiger charge is 2.38. The van der Waals surface area contributed by atoms with E-state index in [4.69, 9.17) is 4.74 Å². The minimum absolute atomic E-state index is 0.180. The maximum absolute atomic E-state index is 11.7. The van der Waals surface area contributed by atoms with Gasteiger partial charge in [0.05, 0.1) is 30.5 Å². The van der Waals surface area contributed by atoms with Crippen LogP contribution in [0, 0.1) is 0 Å². The highest BCUT2D eigenvalue weighted by Crippen LogP contribution is 2.35. The van der Waals surface area contributed by atoms with Crippen LogP contribution in [0.2, 0.25) is 0 Å². The number of carbonyl (C=O) groups is 1. The number of hydrogen-bond acceptors (Lipinski definition) is 5. The Morgan fingerprint density at radius 2 is 2.50 bits per heavy atom. The van der Waals surface area contributed by atoms with E-state index in [0.717, 1.165) is 4.88 Å². The van der Waals surface area contributed by atoms with E-state index in [1.165, 1.54) is 0 Å². The second kappa shape index (κ2) is 5.26. The topological polar surface area (TPSA) is 74.2 Å². The van der Waals surface area contributed by atoms with Crippen molar-refractivity contribution in [2.75, 3.05) is 26.8 Å². The number of nitrogens with one attached hydrogen (secondary N) is 1. The lowest BCUT2D eigenvalue weighted by Crippen LogP contribution is -2.35. The van der Waals surface area contributed by atoms with Crippen molar-refractivity contribution in [2.45, 2.75) is 6.04 Å². The van der Waals surface area contributed by atoms with E-state index in [0.29, 0.717) is 31.0 Å². The van der Waals surface area contributed by atoms with Crippen LogP contribution >= 0.6 is 11.3 Å². The van der Waals surface area contributed by atoms with Crippen LogP contribution in [0.3, 0.4) is 0 Å². The summed E-state index contributed by atoms with van der Waals surface area (Å²) in [6, 6.07) is 3.19. The molecule has 6 nitrogen and oxygen atoms in total. The summed E-state index contributed by atoms with van der Waals surface area (Å²) in [5.74, 6) is 0.180. The third-order valence-corrected chi connectivity index (χ3v) is 4.32. The number of thiophene rings is 1. The van der Waals surface area contributed by atoms with Gasteiger partial charge in [0.1, 0.15) is 0 Å². The second-order valence-electron chi connectivity index (χ2n) is 4.61. The molecule has 0 radical (unpaired) electrons. The van der Waals surface area contributed by atoms with Crippen molar-refractivity contribution in [1.29, 1.82) is 0 Å². The van der Waals surface area contributed by atoms with Gasteiger partial charge in [-0.3, -0.25) is 0 Å². The Morgan fingerprint density at radius 3 is 3.20 bits per heavy atom. The summed E-state index contributed by atoms with van der Waals surface area (Å²) in [5, 5.41) is 15.1. The zero-order valence-corrected chi connectivity index (χ0v) is 11.8. The van der Waals surface area contributed by atoms with Crippen molar-refractivity contribution >= 4 is 23.1 Å². The molecule has 3 heterocycles. The Balaban J connectivity index is 1.96. The highest BCUT2D eigenvalue weighted by molar-refractivity contribution is 7.10. The van der Waals surface area contributed by atoms with Gasteiger partial charge in [0, 0.05) is 18.5 Å². The van der Waals surface area contributed by atoms with E-state index in [-0.39, 0.29) is 18.0 Å². The van der Waals surface area contributed by atoms with Crippen LogP contribution in [0.25, 0.3) is 0 Å². The molecule has 0 unspecified atom stereocenters. The quantitative estimate of drug-likeness (QED) is 0.886. The number of rotatable bonds is 4. The number of carbonyl (C=O) groups excluding carboxylic acids is 1. The lowest BCUT2D eigenvalue weighted by atomic mass is 10.0. The summed E-state index contributed by atoms with van der Waals surface area (Å²) in [6.07, 6.45) is 0. The number of fused-ring (bicyclic) bond motifs is 1. The fraction of sp³-hybridized carbons (Fsp3) is 0.385. The summed E-state index contributed by atoms with van der Waals surface area (Å²) in [4.78, 5) is 18.4. The fourth-order valence-electron chi connectivity index (χ4n) is 2.44. The van der Waals surface area contributed by atoms with E-state index >= 15 is 0 Å². The van der Waals surface area contributed by atoms with Crippen LogP contribution in [-0.2, 0) is 4.74 Å². The first-order chi connectivity index (χ1) is 9.70. The normalized spacial score (nSPS) is 21.9. The van der Waals surface area contributed by atoms with Crippen molar-refractivity contribution in [1.82, 2.24) is 10.2 Å². The standard InChI is InChI=1S/C13H15N3O3S/c1-19-5-4-16-7-8-10(12(16)17)11(15-13(18)14-8)9-3-2-6-20-9/h2-3,6,11,17H,4-5,7H2,1H3,(H,15,18)/t11-/m0/s1. The largest absolute Gasteiger partial charge is 0.494 e. The first-order valence-corrected chi connectivity index (χ1v) is 7.17. The average molecular weight is 293 g/mol. The van der Waals surface area contributed by atoms with Gasteiger partial charge in [-0.05, 0) is 11.4 Å². The number of hydrogen-bond donors (Lipinski definition) is 2. The van der Waals surface area contributed by atoms with Gasteiger partial charge in [-0.2, -0.15) is 4.99 Å². The summed E-state index contributed by atoms with van der Waals surface area (Å²) < 4.78 is 5.03. The number of aliphatic hydroxyl groups excluding tert-OH is 1. The molecule has 0 aromatic carbocycles. The van der Waals surface area contributed by atoms with Gasteiger partial charge in [0.2, 0.25) is 0 Å². The minimum Gasteiger partial charge on any atom is -0.494 e. The predicted molar refractivity (Wildman–Crippen MR) is 76.1 cm³/mol. The fourth-order valence-corrected chi connectivity index (χ4v) is 3.22. The molecule has 0 fully saturated rings.